The summed E-state index contributed by atoms with van der Waals surface area (Å²) in [5, 5.41) is 13.3. The van der Waals surface area contributed by atoms with Crippen LogP contribution in [0.1, 0.15) is 53.5 Å². The predicted octanol–water partition coefficient (Wildman–Crippen LogP) is 7.19. The number of benzene rings is 4. The number of hydrogen-bond donors (Lipinski definition) is 2. The Bertz CT molecular complexity index is 1810. The Morgan fingerprint density at radius 1 is 0.796 bits per heavy atom. The summed E-state index contributed by atoms with van der Waals surface area (Å²) in [5.74, 6) is -1.21. The van der Waals surface area contributed by atoms with Crippen LogP contribution in [-0.4, -0.2) is 53.1 Å². The molecular weight excluding hydrogens is 677 g/mol. The number of nitrogens with one attached hydrogen (secondary N) is 1. The monoisotopic (exact) mass is 728 g/mol. The Hall–Kier alpha value is -5.47. The lowest BCUT2D eigenvalue weighted by Gasteiger charge is -2.36. The van der Waals surface area contributed by atoms with Gasteiger partial charge in [-0.25, -0.2) is 0 Å². The number of carbonyl (C=O) groups excluding carboxylic acids is 3. The molecule has 0 bridgehead atoms. The van der Waals surface area contributed by atoms with Crippen molar-refractivity contribution in [3.05, 3.63) is 162 Å². The second-order valence-electron chi connectivity index (χ2n) is 14.0. The van der Waals surface area contributed by atoms with Crippen LogP contribution in [0.25, 0.3) is 0 Å². The fourth-order valence-corrected chi connectivity index (χ4v) is 6.89. The highest BCUT2D eigenvalue weighted by molar-refractivity contribution is 5.86. The van der Waals surface area contributed by atoms with Crippen molar-refractivity contribution in [2.45, 2.75) is 70.2 Å². The lowest BCUT2D eigenvalue weighted by molar-refractivity contribution is -0.150. The van der Waals surface area contributed by atoms with Crippen LogP contribution in [0.2, 0.25) is 0 Å². The maximum absolute atomic E-state index is 14.0. The molecule has 0 saturated carbocycles. The number of carbonyl (C=O) groups is 3. The Labute approximate surface area is 319 Å². The molecule has 0 fully saturated rings. The van der Waals surface area contributed by atoms with Crippen LogP contribution in [-0.2, 0) is 51.5 Å². The van der Waals surface area contributed by atoms with Crippen LogP contribution in [0.15, 0.2) is 135 Å². The first-order valence-corrected chi connectivity index (χ1v) is 18.8. The number of nitrogens with zero attached hydrogens (tertiary/aromatic N) is 1. The number of hydrogen-bond acceptors (Lipinski definition) is 6. The van der Waals surface area contributed by atoms with E-state index in [0.717, 1.165) is 27.8 Å². The van der Waals surface area contributed by atoms with E-state index in [0.29, 0.717) is 51.0 Å². The third kappa shape index (κ3) is 11.8. The molecule has 0 spiro atoms. The third-order valence-corrected chi connectivity index (χ3v) is 9.93. The van der Waals surface area contributed by atoms with Crippen LogP contribution in [0.3, 0.4) is 0 Å². The molecule has 2 amide bonds. The predicted molar refractivity (Wildman–Crippen MR) is 211 cm³/mol. The molecule has 0 saturated heterocycles. The van der Waals surface area contributed by atoms with Crippen molar-refractivity contribution in [3.8, 4) is 5.75 Å². The van der Waals surface area contributed by atoms with E-state index in [1.807, 2.05) is 109 Å². The van der Waals surface area contributed by atoms with E-state index in [1.165, 1.54) is 0 Å². The summed E-state index contributed by atoms with van der Waals surface area (Å²) in [6, 6.07) is 34.4. The van der Waals surface area contributed by atoms with Gasteiger partial charge in [-0.15, -0.1) is 13.2 Å². The van der Waals surface area contributed by atoms with Crippen LogP contribution in [0.5, 0.6) is 5.75 Å². The van der Waals surface area contributed by atoms with Gasteiger partial charge in [0.1, 0.15) is 19.0 Å². The van der Waals surface area contributed by atoms with Crippen molar-refractivity contribution < 1.29 is 29.0 Å². The Morgan fingerprint density at radius 2 is 1.44 bits per heavy atom. The number of rotatable bonds is 20. The molecule has 5 rings (SSSR count). The molecule has 8 heteroatoms. The highest BCUT2D eigenvalue weighted by Crippen LogP contribution is 2.26. The maximum atomic E-state index is 14.0. The first-order valence-electron chi connectivity index (χ1n) is 18.8. The Balaban J connectivity index is 1.28. The van der Waals surface area contributed by atoms with Gasteiger partial charge in [-0.2, -0.15) is 0 Å². The van der Waals surface area contributed by atoms with Crippen molar-refractivity contribution in [1.29, 1.82) is 0 Å². The zero-order valence-electron chi connectivity index (χ0n) is 31.0. The van der Waals surface area contributed by atoms with Gasteiger partial charge in [0.25, 0.3) is 0 Å². The van der Waals surface area contributed by atoms with Crippen LogP contribution >= 0.6 is 0 Å². The quantitative estimate of drug-likeness (QED) is 0.0738. The largest absolute Gasteiger partial charge is 0.489 e. The lowest BCUT2D eigenvalue weighted by atomic mass is 9.92. The molecule has 0 aromatic heterocycles. The van der Waals surface area contributed by atoms with Crippen molar-refractivity contribution in [3.63, 3.8) is 0 Å². The summed E-state index contributed by atoms with van der Waals surface area (Å²) in [6.07, 6.45) is 6.42. The van der Waals surface area contributed by atoms with E-state index >= 15 is 0 Å². The molecule has 8 nitrogen and oxygen atoms in total. The van der Waals surface area contributed by atoms with Crippen LogP contribution in [0, 0.1) is 11.8 Å². The van der Waals surface area contributed by atoms with E-state index in [-0.39, 0.29) is 55.8 Å². The average Bonchev–Trinajstić information content (AvgIpc) is 3.21. The SMILES string of the molecule is C=CCCC(Cc1ccccc1)C(=O)OCC(Cc1ccc(OCc2ccccc2)cc1)NC(=O)C(CC=C)CC(=O)N1Cc2ccccc2CC1CO. The van der Waals surface area contributed by atoms with Crippen LogP contribution < -0.4 is 10.1 Å². The minimum atomic E-state index is -0.697. The number of amides is 2. The Morgan fingerprint density at radius 3 is 2.11 bits per heavy atom. The molecular formula is C46H52N2O6. The molecule has 1 aliphatic heterocycles. The van der Waals surface area contributed by atoms with Gasteiger partial charge in [0.2, 0.25) is 11.8 Å². The number of ether oxygens (including phenoxy) is 2. The molecule has 1 heterocycles. The zero-order valence-corrected chi connectivity index (χ0v) is 31.0. The highest BCUT2D eigenvalue weighted by Gasteiger charge is 2.32. The van der Waals surface area contributed by atoms with Gasteiger partial charge in [-0.3, -0.25) is 14.4 Å². The smallest absolute Gasteiger partial charge is 0.309 e. The first kappa shape index (κ1) is 39.7. The molecule has 0 aliphatic carbocycles. The lowest BCUT2D eigenvalue weighted by Crippen LogP contribution is -2.48. The highest BCUT2D eigenvalue weighted by atomic mass is 16.5. The van der Waals surface area contributed by atoms with E-state index < -0.39 is 12.0 Å². The van der Waals surface area contributed by atoms with Crippen LogP contribution in [0.4, 0.5) is 0 Å². The van der Waals surface area contributed by atoms with Gasteiger partial charge >= 0.3 is 5.97 Å². The molecule has 1 aliphatic rings. The van der Waals surface area contributed by atoms with Gasteiger partial charge < -0.3 is 24.8 Å². The summed E-state index contributed by atoms with van der Waals surface area (Å²) in [4.78, 5) is 43.0. The average molecular weight is 729 g/mol. The number of aliphatic hydroxyl groups excluding tert-OH is 1. The van der Waals surface area contributed by atoms with Crippen molar-refractivity contribution >= 4 is 17.8 Å². The van der Waals surface area contributed by atoms with Crippen molar-refractivity contribution in [1.82, 2.24) is 10.2 Å². The molecule has 282 valence electrons. The zero-order chi connectivity index (χ0) is 38.1. The fourth-order valence-electron chi connectivity index (χ4n) is 6.89. The molecule has 2 N–H and O–H groups in total. The summed E-state index contributed by atoms with van der Waals surface area (Å²) in [5.41, 5.74) is 5.18. The van der Waals surface area contributed by atoms with Crippen molar-refractivity contribution in [2.24, 2.45) is 11.8 Å². The number of fused-ring (bicyclic) bond motifs is 1. The molecule has 4 aromatic carbocycles. The van der Waals surface area contributed by atoms with Gasteiger partial charge in [0.05, 0.1) is 30.5 Å². The normalized spacial score (nSPS) is 15.2. The molecule has 4 unspecified atom stereocenters. The minimum Gasteiger partial charge on any atom is -0.489 e. The minimum absolute atomic E-state index is 0.0412. The summed E-state index contributed by atoms with van der Waals surface area (Å²) >= 11 is 0. The summed E-state index contributed by atoms with van der Waals surface area (Å²) in [7, 11) is 0. The van der Waals surface area contributed by atoms with Gasteiger partial charge in [-0.05, 0) is 78.5 Å². The third-order valence-electron chi connectivity index (χ3n) is 9.93. The van der Waals surface area contributed by atoms with Gasteiger partial charge in [0.15, 0.2) is 0 Å². The van der Waals surface area contributed by atoms with Gasteiger partial charge in [0, 0.05) is 13.0 Å². The molecule has 0 radical (unpaired) electrons. The fraction of sp³-hybridized carbons (Fsp3) is 0.326. The molecule has 54 heavy (non-hydrogen) atoms. The summed E-state index contributed by atoms with van der Waals surface area (Å²) in [6.45, 7) is 8.30. The van der Waals surface area contributed by atoms with E-state index in [9.17, 15) is 19.5 Å². The Kier molecular flexibility index (Phi) is 15.2. The maximum Gasteiger partial charge on any atom is 0.309 e. The number of esters is 1. The second-order valence-corrected chi connectivity index (χ2v) is 14.0. The first-order chi connectivity index (χ1) is 26.4. The summed E-state index contributed by atoms with van der Waals surface area (Å²) < 4.78 is 11.9. The van der Waals surface area contributed by atoms with Gasteiger partial charge in [-0.1, -0.05) is 109 Å². The standard InChI is InChI=1S/C46H52N2O6/c1-3-5-19-39(26-34-15-8-6-9-16-34)46(52)54-33-41(27-35-22-24-43(25-23-35)53-32-36-17-10-7-11-18-36)47-45(51)38(14-4-2)29-44(50)48-30-40-21-13-12-20-37(40)28-42(48)31-49/h3-4,6-13,15-18,20-25,38-39,41-42,49H,1-2,5,14,19,26-33H2,(H,47,51). The van der Waals surface area contributed by atoms with E-state index in [2.05, 4.69) is 18.5 Å². The topological polar surface area (TPSA) is 105 Å². The van der Waals surface area contributed by atoms with E-state index in [4.69, 9.17) is 9.47 Å². The number of aliphatic hydroxyl groups is 1. The molecule has 4 aromatic rings. The number of allylic oxidation sites excluding steroid dienone is 2. The molecule has 4 atom stereocenters. The second kappa shape index (κ2) is 20.7. The van der Waals surface area contributed by atoms with Crippen molar-refractivity contribution in [2.75, 3.05) is 13.2 Å². The van der Waals surface area contributed by atoms with E-state index in [1.54, 1.807) is 17.1 Å².